The van der Waals surface area contributed by atoms with Crippen LogP contribution in [0.4, 0.5) is 0 Å². The predicted molar refractivity (Wildman–Crippen MR) is 63.5 cm³/mol. The lowest BCUT2D eigenvalue weighted by atomic mass is 9.72. The largest absolute Gasteiger partial charge is 0.465 e. The number of hydrogen-bond donors (Lipinski definition) is 0. The molecule has 1 aliphatic rings. The number of carbonyl (C=O) groups is 2. The molecule has 1 aliphatic carbocycles. The molecule has 1 radical (unpaired) electrons. The minimum Gasteiger partial charge on any atom is -0.465 e. The van der Waals surface area contributed by atoms with Gasteiger partial charge in [-0.2, -0.15) is 0 Å². The van der Waals surface area contributed by atoms with Crippen LogP contribution in [-0.2, 0) is 16.0 Å². The van der Waals surface area contributed by atoms with Gasteiger partial charge in [0.2, 0.25) is 0 Å². The molecule has 1 aromatic rings. The minimum absolute atomic E-state index is 0.224. The molecule has 0 amide bonds. The molecule has 1 unspecified atom stereocenters. The van der Waals surface area contributed by atoms with E-state index in [0.717, 1.165) is 5.56 Å². The monoisotopic (exact) mass is 231 g/mol. The normalized spacial score (nSPS) is 23.1. The number of rotatable bonds is 2. The molecule has 0 spiro atoms. The summed E-state index contributed by atoms with van der Waals surface area (Å²) in [6, 6.07) is 7.36. The molecule has 0 fully saturated rings. The summed E-state index contributed by atoms with van der Waals surface area (Å²) in [5, 5.41) is 0. The average molecular weight is 231 g/mol. The third-order valence-corrected chi connectivity index (χ3v) is 3.18. The third kappa shape index (κ3) is 1.86. The lowest BCUT2D eigenvalue weighted by molar-refractivity contribution is -0.150. The van der Waals surface area contributed by atoms with Crippen LogP contribution in [-0.4, -0.2) is 18.4 Å². The van der Waals surface area contributed by atoms with Crippen molar-refractivity contribution in [3.8, 4) is 0 Å². The number of aryl methyl sites for hydroxylation is 1. The summed E-state index contributed by atoms with van der Waals surface area (Å²) in [6.45, 7) is 5.80. The number of esters is 1. The fourth-order valence-electron chi connectivity index (χ4n) is 2.14. The molecule has 17 heavy (non-hydrogen) atoms. The molecule has 0 saturated carbocycles. The molecule has 89 valence electrons. The van der Waals surface area contributed by atoms with Crippen molar-refractivity contribution in [3.63, 3.8) is 0 Å². The van der Waals surface area contributed by atoms with Crippen molar-refractivity contribution in [1.29, 1.82) is 0 Å². The van der Waals surface area contributed by atoms with Crippen LogP contribution in [0.2, 0.25) is 0 Å². The lowest BCUT2D eigenvalue weighted by Gasteiger charge is -2.30. The van der Waals surface area contributed by atoms with Crippen molar-refractivity contribution in [1.82, 2.24) is 0 Å². The van der Waals surface area contributed by atoms with Crippen LogP contribution in [0.15, 0.2) is 24.3 Å². The maximum atomic E-state index is 12.3. The molecule has 0 aromatic heterocycles. The van der Waals surface area contributed by atoms with Crippen LogP contribution in [0, 0.1) is 12.3 Å². The molecular formula is C14H15O3. The van der Waals surface area contributed by atoms with Crippen molar-refractivity contribution >= 4 is 11.8 Å². The first-order valence-corrected chi connectivity index (χ1v) is 5.75. The second-order valence-corrected chi connectivity index (χ2v) is 4.29. The Morgan fingerprint density at radius 2 is 2.18 bits per heavy atom. The van der Waals surface area contributed by atoms with Crippen LogP contribution in [0.1, 0.15) is 29.3 Å². The molecule has 3 heteroatoms. The summed E-state index contributed by atoms with van der Waals surface area (Å²) < 4.78 is 4.95. The van der Waals surface area contributed by atoms with E-state index in [2.05, 4.69) is 6.92 Å². The van der Waals surface area contributed by atoms with E-state index in [1.165, 1.54) is 0 Å². The van der Waals surface area contributed by atoms with Crippen LogP contribution in [0.5, 0.6) is 0 Å². The van der Waals surface area contributed by atoms with Crippen molar-refractivity contribution in [2.45, 2.75) is 19.8 Å². The van der Waals surface area contributed by atoms with Crippen LogP contribution >= 0.6 is 0 Å². The van der Waals surface area contributed by atoms with Crippen LogP contribution < -0.4 is 0 Å². The summed E-state index contributed by atoms with van der Waals surface area (Å²) in [5.41, 5.74) is 0.326. The van der Waals surface area contributed by atoms with Crippen LogP contribution in [0.25, 0.3) is 0 Å². The first-order chi connectivity index (χ1) is 8.09. The van der Waals surface area contributed by atoms with Gasteiger partial charge in [-0.3, -0.25) is 9.59 Å². The Balaban J connectivity index is 2.37. The van der Waals surface area contributed by atoms with E-state index in [0.29, 0.717) is 18.4 Å². The summed E-state index contributed by atoms with van der Waals surface area (Å²) in [6.07, 6.45) is 1.10. The zero-order valence-electron chi connectivity index (χ0n) is 9.86. The first-order valence-electron chi connectivity index (χ1n) is 5.75. The quantitative estimate of drug-likeness (QED) is 0.579. The third-order valence-electron chi connectivity index (χ3n) is 3.18. The molecule has 0 aliphatic heterocycles. The van der Waals surface area contributed by atoms with Crippen molar-refractivity contribution in [3.05, 3.63) is 42.3 Å². The summed E-state index contributed by atoms with van der Waals surface area (Å²) in [5.74, 6) is -0.739. The van der Waals surface area contributed by atoms with E-state index in [9.17, 15) is 9.59 Å². The van der Waals surface area contributed by atoms with E-state index in [1.807, 2.05) is 12.1 Å². The second-order valence-electron chi connectivity index (χ2n) is 4.29. The molecule has 0 saturated heterocycles. The topological polar surface area (TPSA) is 43.4 Å². The van der Waals surface area contributed by atoms with Gasteiger partial charge in [-0.25, -0.2) is 0 Å². The number of fused-ring (bicyclic) bond motifs is 1. The van der Waals surface area contributed by atoms with E-state index in [4.69, 9.17) is 4.74 Å². The molecule has 2 rings (SSSR count). The van der Waals surface area contributed by atoms with E-state index < -0.39 is 11.4 Å². The van der Waals surface area contributed by atoms with Gasteiger partial charge >= 0.3 is 5.97 Å². The SMILES string of the molecule is [CH2]C1(C(=O)OCC)CCc2ccccc2C1=O. The highest BCUT2D eigenvalue weighted by molar-refractivity contribution is 6.14. The fraction of sp³-hybridized carbons (Fsp3) is 0.357. The molecule has 1 atom stereocenters. The minimum atomic E-state index is -1.26. The zero-order valence-corrected chi connectivity index (χ0v) is 9.86. The number of ketones is 1. The van der Waals surface area contributed by atoms with Crippen molar-refractivity contribution in [2.75, 3.05) is 6.61 Å². The smallest absolute Gasteiger partial charge is 0.320 e. The summed E-state index contributed by atoms with van der Waals surface area (Å²) >= 11 is 0. The Hall–Kier alpha value is -1.64. The Kier molecular flexibility index (Phi) is 3.01. The van der Waals surface area contributed by atoms with E-state index in [1.54, 1.807) is 19.1 Å². The maximum Gasteiger partial charge on any atom is 0.320 e. The van der Waals surface area contributed by atoms with E-state index in [-0.39, 0.29) is 12.4 Å². The molecule has 0 bridgehead atoms. The molecule has 1 aromatic carbocycles. The van der Waals surface area contributed by atoms with Gasteiger partial charge in [0.25, 0.3) is 0 Å². The van der Waals surface area contributed by atoms with Crippen LogP contribution in [0.3, 0.4) is 0 Å². The van der Waals surface area contributed by atoms with Gasteiger partial charge in [0, 0.05) is 5.56 Å². The fourth-order valence-corrected chi connectivity index (χ4v) is 2.14. The van der Waals surface area contributed by atoms with Gasteiger partial charge in [-0.1, -0.05) is 24.3 Å². The van der Waals surface area contributed by atoms with Gasteiger partial charge in [-0.15, -0.1) is 0 Å². The number of hydrogen-bond acceptors (Lipinski definition) is 3. The molecule has 0 N–H and O–H groups in total. The first kappa shape index (κ1) is 11.8. The van der Waals surface area contributed by atoms with E-state index >= 15 is 0 Å². The Morgan fingerprint density at radius 1 is 1.47 bits per heavy atom. The molecule has 0 heterocycles. The zero-order chi connectivity index (χ0) is 12.5. The highest BCUT2D eigenvalue weighted by Gasteiger charge is 2.45. The number of benzene rings is 1. The number of carbonyl (C=O) groups excluding carboxylic acids is 2. The summed E-state index contributed by atoms with van der Waals surface area (Å²) in [4.78, 5) is 24.1. The predicted octanol–water partition coefficient (Wildman–Crippen LogP) is 2.20. The maximum absolute atomic E-state index is 12.3. The highest BCUT2D eigenvalue weighted by Crippen LogP contribution is 2.35. The molecule has 3 nitrogen and oxygen atoms in total. The Bertz CT molecular complexity index is 464. The lowest BCUT2D eigenvalue weighted by Crippen LogP contribution is -2.41. The van der Waals surface area contributed by atoms with Gasteiger partial charge in [0.05, 0.1) is 6.61 Å². The van der Waals surface area contributed by atoms with Gasteiger partial charge in [0.1, 0.15) is 5.41 Å². The standard InChI is InChI=1S/C14H15O3/c1-3-17-13(16)14(2)9-8-10-6-4-5-7-11(10)12(14)15/h4-7H,2-3,8-9H2,1H3. The Morgan fingerprint density at radius 3 is 2.88 bits per heavy atom. The number of Topliss-reactive ketones (excluding diaryl/α,β-unsaturated/α-hetero) is 1. The van der Waals surface area contributed by atoms with Gasteiger partial charge < -0.3 is 4.74 Å². The van der Waals surface area contributed by atoms with Gasteiger partial charge in [0.15, 0.2) is 5.78 Å². The molecular weight excluding hydrogens is 216 g/mol. The highest BCUT2D eigenvalue weighted by atomic mass is 16.5. The number of ether oxygens (including phenoxy) is 1. The summed E-state index contributed by atoms with van der Waals surface area (Å²) in [7, 11) is 0. The Labute approximate surface area is 101 Å². The second kappa shape index (κ2) is 4.32. The van der Waals surface area contributed by atoms with Gasteiger partial charge in [-0.05, 0) is 32.3 Å². The average Bonchev–Trinajstić information content (AvgIpc) is 2.35. The van der Waals surface area contributed by atoms with Crippen molar-refractivity contribution < 1.29 is 14.3 Å². The van der Waals surface area contributed by atoms with Crippen molar-refractivity contribution in [2.24, 2.45) is 5.41 Å².